The largest absolute Gasteiger partial charge is 0.330 e. The van der Waals surface area contributed by atoms with Gasteiger partial charge < -0.3 is 4.90 Å². The van der Waals surface area contributed by atoms with Gasteiger partial charge in [0.2, 0.25) is 5.91 Å². The maximum atomic E-state index is 12.4. The number of likely N-dealkylation sites (tertiary alicyclic amines) is 1. The molecule has 1 saturated heterocycles. The zero-order valence-electron chi connectivity index (χ0n) is 16.5. The molecule has 27 heavy (non-hydrogen) atoms. The highest BCUT2D eigenvalue weighted by Crippen LogP contribution is 2.37. The Labute approximate surface area is 171 Å². The molecule has 1 N–H and O–H groups in total. The minimum absolute atomic E-state index is 0.0663. The van der Waals surface area contributed by atoms with Crippen LogP contribution in [0.15, 0.2) is 17.5 Å². The predicted octanol–water partition coefficient (Wildman–Crippen LogP) is 4.45. The first kappa shape index (κ1) is 20.3. The lowest BCUT2D eigenvalue weighted by atomic mass is 10.1. The zero-order chi connectivity index (χ0) is 19.4. The number of nitrogens with one attached hydrogen (secondary N) is 1. The Morgan fingerprint density at radius 3 is 2.48 bits per heavy atom. The quantitative estimate of drug-likeness (QED) is 0.814. The van der Waals surface area contributed by atoms with Crippen molar-refractivity contribution in [1.82, 2.24) is 4.98 Å². The summed E-state index contributed by atoms with van der Waals surface area (Å²) in [6.45, 7) is 8.93. The van der Waals surface area contributed by atoms with E-state index in [4.69, 9.17) is 16.6 Å². The van der Waals surface area contributed by atoms with Gasteiger partial charge in [0.1, 0.15) is 12.2 Å². The van der Waals surface area contributed by atoms with Gasteiger partial charge in [-0.1, -0.05) is 24.1 Å². The van der Waals surface area contributed by atoms with Gasteiger partial charge in [0.15, 0.2) is 5.13 Å². The zero-order valence-corrected chi connectivity index (χ0v) is 18.1. The van der Waals surface area contributed by atoms with E-state index in [1.165, 1.54) is 56.5 Å². The van der Waals surface area contributed by atoms with E-state index in [0.29, 0.717) is 10.2 Å². The molecule has 0 spiro atoms. The van der Waals surface area contributed by atoms with Crippen LogP contribution < -0.4 is 9.80 Å². The lowest BCUT2D eigenvalue weighted by molar-refractivity contribution is -0.915. The number of hydrogen-bond donors (Lipinski definition) is 1. The lowest BCUT2D eigenvalue weighted by Gasteiger charge is -2.22. The first-order chi connectivity index (χ1) is 13.0. The summed E-state index contributed by atoms with van der Waals surface area (Å²) < 4.78 is 0. The van der Waals surface area contributed by atoms with E-state index in [-0.39, 0.29) is 5.91 Å². The molecule has 2 aromatic rings. The molecule has 1 amide bonds. The van der Waals surface area contributed by atoms with Crippen molar-refractivity contribution in [2.75, 3.05) is 18.0 Å². The smallest absolute Gasteiger partial charge is 0.230 e. The molecular formula is C21H29ClN3OS+. The number of thiazole rings is 1. The second-order valence-corrected chi connectivity index (χ2v) is 8.83. The van der Waals surface area contributed by atoms with Crippen LogP contribution in [0.3, 0.4) is 0 Å². The number of aromatic nitrogens is 1. The maximum absolute atomic E-state index is 12.4. The molecule has 0 unspecified atom stereocenters. The molecule has 1 aliphatic rings. The summed E-state index contributed by atoms with van der Waals surface area (Å²) in [7, 11) is 0. The van der Waals surface area contributed by atoms with Crippen molar-refractivity contribution >= 4 is 39.7 Å². The Bertz CT molecular complexity index is 773. The van der Waals surface area contributed by atoms with E-state index in [9.17, 15) is 4.79 Å². The first-order valence-corrected chi connectivity index (χ1v) is 11.1. The second-order valence-electron chi connectivity index (χ2n) is 7.58. The number of rotatable bonds is 4. The highest BCUT2D eigenvalue weighted by atomic mass is 35.5. The fourth-order valence-electron chi connectivity index (χ4n) is 3.90. The molecule has 6 heteroatoms. The summed E-state index contributed by atoms with van der Waals surface area (Å²) >= 11 is 8.02. The fraction of sp³-hybridized carbons (Fsp3) is 0.524. The van der Waals surface area contributed by atoms with Gasteiger partial charge in [0.05, 0.1) is 23.8 Å². The third kappa shape index (κ3) is 5.09. The number of carbonyl (C=O) groups excluding carboxylic acids is 1. The Kier molecular flexibility index (Phi) is 6.90. The summed E-state index contributed by atoms with van der Waals surface area (Å²) in [5.41, 5.74) is 3.89. The van der Waals surface area contributed by atoms with Crippen LogP contribution in [0, 0.1) is 13.8 Å². The van der Waals surface area contributed by atoms with Gasteiger partial charge in [-0.15, -0.1) is 11.3 Å². The summed E-state index contributed by atoms with van der Waals surface area (Å²) in [6.07, 6.45) is 6.65. The van der Waals surface area contributed by atoms with Gasteiger partial charge in [0, 0.05) is 12.3 Å². The topological polar surface area (TPSA) is 37.6 Å². The SMILES string of the molecule is CC(=O)N(c1nc(C[NH+]2CCCCCCC2)cs1)c1c(C)cc(C)cc1Cl. The molecule has 0 radical (unpaired) electrons. The van der Waals surface area contributed by atoms with Crippen LogP contribution in [0.1, 0.15) is 55.8 Å². The van der Waals surface area contributed by atoms with Crippen molar-refractivity contribution < 1.29 is 9.69 Å². The summed E-state index contributed by atoms with van der Waals surface area (Å²) in [5.74, 6) is -0.0663. The van der Waals surface area contributed by atoms with Crippen LogP contribution in [-0.4, -0.2) is 24.0 Å². The summed E-state index contributed by atoms with van der Waals surface area (Å²) in [5, 5.41) is 3.39. The molecule has 0 aliphatic carbocycles. The molecule has 3 rings (SSSR count). The number of amides is 1. The first-order valence-electron chi connectivity index (χ1n) is 9.81. The molecular weight excluding hydrogens is 378 g/mol. The van der Waals surface area contributed by atoms with E-state index < -0.39 is 0 Å². The molecule has 1 aliphatic heterocycles. The van der Waals surface area contributed by atoms with Crippen LogP contribution in [0.4, 0.5) is 10.8 Å². The maximum Gasteiger partial charge on any atom is 0.230 e. The molecule has 1 fully saturated rings. The fourth-order valence-corrected chi connectivity index (χ4v) is 5.18. The van der Waals surface area contributed by atoms with Crippen molar-refractivity contribution in [2.24, 2.45) is 0 Å². The Balaban J connectivity index is 1.83. The summed E-state index contributed by atoms with van der Waals surface area (Å²) in [6, 6.07) is 3.95. The third-order valence-electron chi connectivity index (χ3n) is 5.16. The van der Waals surface area contributed by atoms with Gasteiger partial charge in [0.25, 0.3) is 0 Å². The van der Waals surface area contributed by atoms with Gasteiger partial charge in [-0.2, -0.15) is 0 Å². The molecule has 1 aromatic carbocycles. The number of hydrogen-bond acceptors (Lipinski definition) is 3. The van der Waals surface area contributed by atoms with E-state index in [2.05, 4.69) is 11.4 Å². The van der Waals surface area contributed by atoms with Gasteiger partial charge in [-0.05, 0) is 56.7 Å². The molecule has 4 nitrogen and oxygen atoms in total. The van der Waals surface area contributed by atoms with Crippen LogP contribution >= 0.6 is 22.9 Å². The Hall–Kier alpha value is -1.43. The Morgan fingerprint density at radius 1 is 1.19 bits per heavy atom. The normalized spacial score (nSPS) is 16.0. The number of anilines is 2. The average molecular weight is 407 g/mol. The van der Waals surface area contributed by atoms with Gasteiger partial charge in [-0.25, -0.2) is 4.98 Å². The number of halogens is 1. The minimum Gasteiger partial charge on any atom is -0.330 e. The third-order valence-corrected chi connectivity index (χ3v) is 6.32. The molecule has 1 aromatic heterocycles. The van der Waals surface area contributed by atoms with Crippen LogP contribution in [-0.2, 0) is 11.3 Å². The highest BCUT2D eigenvalue weighted by Gasteiger charge is 2.23. The van der Waals surface area contributed by atoms with E-state index >= 15 is 0 Å². The van der Waals surface area contributed by atoms with Crippen molar-refractivity contribution in [1.29, 1.82) is 0 Å². The number of carbonyl (C=O) groups is 1. The molecule has 146 valence electrons. The summed E-state index contributed by atoms with van der Waals surface area (Å²) in [4.78, 5) is 20.5. The van der Waals surface area contributed by atoms with Gasteiger partial charge >= 0.3 is 0 Å². The van der Waals surface area contributed by atoms with Crippen LogP contribution in [0.25, 0.3) is 0 Å². The predicted molar refractivity (Wildman–Crippen MR) is 113 cm³/mol. The van der Waals surface area contributed by atoms with E-state index in [1.54, 1.807) is 16.7 Å². The van der Waals surface area contributed by atoms with E-state index in [1.807, 2.05) is 19.9 Å². The molecule has 0 atom stereocenters. The standard InChI is InChI=1S/C21H28ClN3OS/c1-15-11-16(2)20(19(22)12-15)25(17(3)26)21-23-18(14-27-21)13-24-9-7-5-4-6-8-10-24/h11-12,14H,4-10,13H2,1-3H3/p+1. The minimum atomic E-state index is -0.0663. The molecule has 0 bridgehead atoms. The van der Waals surface area contributed by atoms with E-state index in [0.717, 1.165) is 29.1 Å². The lowest BCUT2D eigenvalue weighted by Crippen LogP contribution is -3.10. The number of nitrogens with zero attached hydrogens (tertiary/aromatic N) is 2. The highest BCUT2D eigenvalue weighted by molar-refractivity contribution is 7.14. The van der Waals surface area contributed by atoms with Crippen molar-refractivity contribution in [3.8, 4) is 0 Å². The number of benzene rings is 1. The van der Waals surface area contributed by atoms with Gasteiger partial charge in [-0.3, -0.25) is 9.69 Å². The van der Waals surface area contributed by atoms with Crippen LogP contribution in [0.5, 0.6) is 0 Å². The monoisotopic (exact) mass is 406 g/mol. The number of quaternary nitrogens is 1. The Morgan fingerprint density at radius 2 is 1.85 bits per heavy atom. The average Bonchev–Trinajstić information content (AvgIpc) is 3.00. The number of aryl methyl sites for hydroxylation is 2. The van der Waals surface area contributed by atoms with Crippen molar-refractivity contribution in [3.05, 3.63) is 39.4 Å². The van der Waals surface area contributed by atoms with Crippen molar-refractivity contribution in [2.45, 2.75) is 59.4 Å². The van der Waals surface area contributed by atoms with Crippen molar-refractivity contribution in [3.63, 3.8) is 0 Å². The molecule has 0 saturated carbocycles. The molecule has 2 heterocycles. The van der Waals surface area contributed by atoms with Crippen LogP contribution in [0.2, 0.25) is 5.02 Å². The second kappa shape index (κ2) is 9.18.